The fourth-order valence-corrected chi connectivity index (χ4v) is 3.01. The first-order valence-corrected chi connectivity index (χ1v) is 8.82. The molecule has 1 aliphatic rings. The third-order valence-corrected chi connectivity index (χ3v) is 4.44. The number of rotatable bonds is 4. The molecule has 1 amide bonds. The average Bonchev–Trinajstić information content (AvgIpc) is 3.05. The zero-order valence-electron chi connectivity index (χ0n) is 15.1. The Hall–Kier alpha value is -4.06. The van der Waals surface area contributed by atoms with E-state index in [-0.39, 0.29) is 23.0 Å². The Balaban J connectivity index is 1.77. The van der Waals surface area contributed by atoms with Gasteiger partial charge in [-0.05, 0) is 60.2 Å². The summed E-state index contributed by atoms with van der Waals surface area (Å²) in [5.74, 6) is -1.32. The van der Waals surface area contributed by atoms with Crippen LogP contribution < -0.4 is 4.90 Å². The quantitative estimate of drug-likeness (QED) is 0.678. The number of anilines is 1. The number of nitrogens with zero attached hydrogens (tertiary/aromatic N) is 2. The number of amidine groups is 1. The number of benzene rings is 3. The van der Waals surface area contributed by atoms with Crippen LogP contribution >= 0.6 is 0 Å². The van der Waals surface area contributed by atoms with Crippen LogP contribution in [0, 0.1) is 5.82 Å². The van der Waals surface area contributed by atoms with Crippen LogP contribution in [0.2, 0.25) is 0 Å². The molecular formula is C23H15FN2O3. The molecule has 0 atom stereocenters. The second-order valence-electron chi connectivity index (χ2n) is 6.38. The highest BCUT2D eigenvalue weighted by Crippen LogP contribution is 2.27. The summed E-state index contributed by atoms with van der Waals surface area (Å²) in [5.41, 5.74) is 2.26. The molecule has 29 heavy (non-hydrogen) atoms. The Kier molecular flexibility index (Phi) is 4.75. The lowest BCUT2D eigenvalue weighted by molar-refractivity contribution is -0.113. The second-order valence-corrected chi connectivity index (χ2v) is 6.38. The Morgan fingerprint density at radius 3 is 2.21 bits per heavy atom. The van der Waals surface area contributed by atoms with Crippen molar-refractivity contribution in [2.75, 3.05) is 4.90 Å². The van der Waals surface area contributed by atoms with Crippen LogP contribution in [0.1, 0.15) is 21.5 Å². The van der Waals surface area contributed by atoms with Crippen LogP contribution in [0.15, 0.2) is 89.6 Å². The van der Waals surface area contributed by atoms with E-state index < -0.39 is 5.97 Å². The number of aliphatic imine (C=N–C) groups is 1. The minimum absolute atomic E-state index is 0.159. The van der Waals surface area contributed by atoms with E-state index in [9.17, 15) is 14.0 Å². The zero-order chi connectivity index (χ0) is 20.4. The van der Waals surface area contributed by atoms with Gasteiger partial charge in [-0.25, -0.2) is 14.2 Å². The van der Waals surface area contributed by atoms with Gasteiger partial charge < -0.3 is 5.11 Å². The molecule has 0 bridgehead atoms. The van der Waals surface area contributed by atoms with Crippen LogP contribution in [0.25, 0.3) is 6.08 Å². The monoisotopic (exact) mass is 386 g/mol. The summed E-state index contributed by atoms with van der Waals surface area (Å²) in [4.78, 5) is 30.1. The highest BCUT2D eigenvalue weighted by molar-refractivity contribution is 6.33. The Labute approximate surface area is 166 Å². The van der Waals surface area contributed by atoms with Gasteiger partial charge in [-0.2, -0.15) is 0 Å². The maximum absolute atomic E-state index is 13.4. The van der Waals surface area contributed by atoms with E-state index >= 15 is 0 Å². The smallest absolute Gasteiger partial charge is 0.335 e. The van der Waals surface area contributed by atoms with Crippen molar-refractivity contribution in [1.29, 1.82) is 0 Å². The number of aromatic carboxylic acids is 1. The predicted octanol–water partition coefficient (Wildman–Crippen LogP) is 4.36. The number of carbonyl (C=O) groups excluding carboxylic acids is 1. The molecule has 0 saturated carbocycles. The standard InChI is InChI=1S/C23H15FN2O3/c24-18-12-10-16(11-13-18)21-25-20(14-15-6-8-17(9-7-15)23(28)29)22(27)26(21)19-4-2-1-3-5-19/h1-14H,(H,28,29)/b20-14+. The number of hydrogen-bond donors (Lipinski definition) is 1. The lowest BCUT2D eigenvalue weighted by atomic mass is 10.1. The molecule has 4 rings (SSSR count). The van der Waals surface area contributed by atoms with Crippen molar-refractivity contribution in [2.45, 2.75) is 0 Å². The first-order valence-electron chi connectivity index (χ1n) is 8.82. The van der Waals surface area contributed by atoms with Crippen molar-refractivity contribution in [1.82, 2.24) is 0 Å². The summed E-state index contributed by atoms with van der Waals surface area (Å²) in [6.07, 6.45) is 1.60. The molecule has 5 nitrogen and oxygen atoms in total. The van der Waals surface area contributed by atoms with Crippen LogP contribution in [-0.4, -0.2) is 22.8 Å². The summed E-state index contributed by atoms with van der Waals surface area (Å²) in [7, 11) is 0. The normalized spacial score (nSPS) is 14.9. The first-order chi connectivity index (χ1) is 14.0. The molecule has 0 aliphatic carbocycles. The Morgan fingerprint density at radius 2 is 1.59 bits per heavy atom. The molecule has 0 fully saturated rings. The minimum atomic E-state index is -1.02. The lowest BCUT2D eigenvalue weighted by Crippen LogP contribution is -2.32. The fraction of sp³-hybridized carbons (Fsp3) is 0. The number of halogens is 1. The molecule has 3 aromatic carbocycles. The molecule has 1 N–H and O–H groups in total. The maximum Gasteiger partial charge on any atom is 0.335 e. The first kappa shape index (κ1) is 18.3. The molecular weight excluding hydrogens is 371 g/mol. The van der Waals surface area contributed by atoms with Crippen molar-refractivity contribution in [3.63, 3.8) is 0 Å². The van der Waals surface area contributed by atoms with Gasteiger partial charge in [0.1, 0.15) is 17.3 Å². The van der Waals surface area contributed by atoms with Crippen LogP contribution in [0.5, 0.6) is 0 Å². The number of para-hydroxylation sites is 1. The number of amides is 1. The number of carboxylic acid groups (broad SMARTS) is 1. The van der Waals surface area contributed by atoms with Crippen molar-refractivity contribution in [3.05, 3.63) is 107 Å². The largest absolute Gasteiger partial charge is 0.478 e. The molecule has 1 heterocycles. The topological polar surface area (TPSA) is 70.0 Å². The Morgan fingerprint density at radius 1 is 0.931 bits per heavy atom. The zero-order valence-corrected chi connectivity index (χ0v) is 15.1. The average molecular weight is 386 g/mol. The van der Waals surface area contributed by atoms with Crippen LogP contribution in [-0.2, 0) is 4.79 Å². The number of carboxylic acids is 1. The lowest BCUT2D eigenvalue weighted by Gasteiger charge is -2.18. The van der Waals surface area contributed by atoms with Gasteiger partial charge in [0, 0.05) is 5.56 Å². The van der Waals surface area contributed by atoms with Crippen molar-refractivity contribution in [3.8, 4) is 0 Å². The molecule has 0 unspecified atom stereocenters. The van der Waals surface area contributed by atoms with Gasteiger partial charge in [0.05, 0.1) is 11.3 Å². The summed E-state index contributed by atoms with van der Waals surface area (Å²) < 4.78 is 13.4. The van der Waals surface area contributed by atoms with Gasteiger partial charge in [0.15, 0.2) is 0 Å². The van der Waals surface area contributed by atoms with E-state index in [2.05, 4.69) is 4.99 Å². The third-order valence-electron chi connectivity index (χ3n) is 4.44. The van der Waals surface area contributed by atoms with Crippen LogP contribution in [0.4, 0.5) is 10.1 Å². The molecule has 0 spiro atoms. The minimum Gasteiger partial charge on any atom is -0.478 e. The second kappa shape index (κ2) is 7.52. The molecule has 142 valence electrons. The van der Waals surface area contributed by atoms with Gasteiger partial charge in [0.2, 0.25) is 0 Å². The summed E-state index contributed by atoms with van der Waals surface area (Å²) in [6, 6.07) is 21.0. The highest BCUT2D eigenvalue weighted by atomic mass is 19.1. The Bertz CT molecular complexity index is 1140. The fourth-order valence-electron chi connectivity index (χ4n) is 3.01. The van der Waals surface area contributed by atoms with Gasteiger partial charge in [-0.15, -0.1) is 0 Å². The van der Waals surface area contributed by atoms with Gasteiger partial charge >= 0.3 is 5.97 Å². The van der Waals surface area contributed by atoms with E-state index in [1.165, 1.54) is 29.2 Å². The van der Waals surface area contributed by atoms with Gasteiger partial charge in [0.25, 0.3) is 5.91 Å². The summed E-state index contributed by atoms with van der Waals surface area (Å²) in [5, 5.41) is 9.02. The van der Waals surface area contributed by atoms with E-state index in [4.69, 9.17) is 5.11 Å². The summed E-state index contributed by atoms with van der Waals surface area (Å²) in [6.45, 7) is 0. The van der Waals surface area contributed by atoms with Crippen molar-refractivity contribution in [2.24, 2.45) is 4.99 Å². The van der Waals surface area contributed by atoms with E-state index in [1.54, 1.807) is 42.5 Å². The maximum atomic E-state index is 13.4. The van der Waals surface area contributed by atoms with E-state index in [1.807, 2.05) is 18.2 Å². The molecule has 0 aromatic heterocycles. The summed E-state index contributed by atoms with van der Waals surface area (Å²) >= 11 is 0. The molecule has 1 aliphatic heterocycles. The van der Waals surface area contributed by atoms with Crippen LogP contribution in [0.3, 0.4) is 0 Å². The molecule has 3 aromatic rings. The van der Waals surface area contributed by atoms with E-state index in [0.717, 1.165) is 0 Å². The predicted molar refractivity (Wildman–Crippen MR) is 108 cm³/mol. The third kappa shape index (κ3) is 3.68. The van der Waals surface area contributed by atoms with Crippen molar-refractivity contribution >= 4 is 29.5 Å². The number of carbonyl (C=O) groups is 2. The number of hydrogen-bond acceptors (Lipinski definition) is 3. The molecule has 0 saturated heterocycles. The SMILES string of the molecule is O=C(O)c1ccc(/C=C2/N=C(c3ccc(F)cc3)N(c3ccccc3)C2=O)cc1. The molecule has 6 heteroatoms. The van der Waals surface area contributed by atoms with Crippen molar-refractivity contribution < 1.29 is 19.1 Å². The van der Waals surface area contributed by atoms with Gasteiger partial charge in [-0.3, -0.25) is 9.69 Å². The van der Waals surface area contributed by atoms with Gasteiger partial charge in [-0.1, -0.05) is 30.3 Å². The highest BCUT2D eigenvalue weighted by Gasteiger charge is 2.32. The van der Waals surface area contributed by atoms with E-state index in [0.29, 0.717) is 22.6 Å². The molecule has 0 radical (unpaired) electrons.